The van der Waals surface area contributed by atoms with Gasteiger partial charge in [0.15, 0.2) is 5.78 Å². The minimum atomic E-state index is -1.21. The van der Waals surface area contributed by atoms with Crippen LogP contribution in [0.3, 0.4) is 0 Å². The van der Waals surface area contributed by atoms with Crippen molar-refractivity contribution in [3.8, 4) is 0 Å². The van der Waals surface area contributed by atoms with Gasteiger partial charge in [-0.3, -0.25) is 14.4 Å². The van der Waals surface area contributed by atoms with E-state index in [2.05, 4.69) is 21.2 Å². The zero-order chi connectivity index (χ0) is 24.7. The summed E-state index contributed by atoms with van der Waals surface area (Å²) in [5.74, 6) is -1.50. The highest BCUT2D eigenvalue weighted by atomic mass is 79.9. The van der Waals surface area contributed by atoms with E-state index >= 15 is 0 Å². The van der Waals surface area contributed by atoms with Crippen LogP contribution >= 0.6 is 15.9 Å². The summed E-state index contributed by atoms with van der Waals surface area (Å²) in [4.78, 5) is 41.0. The number of carbonyl (C=O) groups excluding carboxylic acids is 3. The van der Waals surface area contributed by atoms with E-state index in [0.29, 0.717) is 11.1 Å². The molecule has 174 valence electrons. The summed E-state index contributed by atoms with van der Waals surface area (Å²) >= 11 is 3.48. The smallest absolute Gasteiger partial charge is 0.263 e. The molecular weight excluding hydrogens is 499 g/mol. The molecule has 34 heavy (non-hydrogen) atoms. The SMILES string of the molecule is CC(C)(C)NC(=O)C(c1ccc(F)cc1)N1C(=O)C(Br)=C(c2ccccc2)C12C=CC(=O)C=C2. The monoisotopic (exact) mass is 522 g/mol. The minimum absolute atomic E-state index is 0.217. The molecule has 4 rings (SSSR count). The molecule has 0 aromatic heterocycles. The first-order valence-electron chi connectivity index (χ1n) is 10.8. The Morgan fingerprint density at radius 3 is 2.15 bits per heavy atom. The van der Waals surface area contributed by atoms with E-state index in [1.165, 1.54) is 41.3 Å². The number of carbonyl (C=O) groups is 3. The zero-order valence-corrected chi connectivity index (χ0v) is 20.6. The van der Waals surface area contributed by atoms with Gasteiger partial charge in [-0.15, -0.1) is 0 Å². The van der Waals surface area contributed by atoms with Crippen LogP contribution in [0.4, 0.5) is 4.39 Å². The van der Waals surface area contributed by atoms with Crippen molar-refractivity contribution in [1.82, 2.24) is 10.2 Å². The number of allylic oxidation sites excluding steroid dienone is 2. The summed E-state index contributed by atoms with van der Waals surface area (Å²) in [5.41, 5.74) is 0.0484. The van der Waals surface area contributed by atoms with Crippen molar-refractivity contribution in [1.29, 1.82) is 0 Å². The molecule has 0 fully saturated rings. The van der Waals surface area contributed by atoms with Crippen molar-refractivity contribution in [3.63, 3.8) is 0 Å². The Balaban J connectivity index is 1.95. The highest BCUT2D eigenvalue weighted by molar-refractivity contribution is 9.12. The van der Waals surface area contributed by atoms with Crippen molar-refractivity contribution >= 4 is 39.1 Å². The molecule has 0 saturated heterocycles. The molecule has 1 aliphatic heterocycles. The van der Waals surface area contributed by atoms with Gasteiger partial charge in [-0.25, -0.2) is 4.39 Å². The number of ketones is 1. The number of rotatable bonds is 4. The van der Waals surface area contributed by atoms with Gasteiger partial charge in [0.05, 0.1) is 4.48 Å². The van der Waals surface area contributed by atoms with E-state index in [4.69, 9.17) is 0 Å². The van der Waals surface area contributed by atoms with Gasteiger partial charge in [-0.05, 0) is 84.3 Å². The van der Waals surface area contributed by atoms with E-state index in [0.717, 1.165) is 5.56 Å². The predicted octanol–water partition coefficient (Wildman–Crippen LogP) is 4.86. The molecule has 0 saturated carbocycles. The molecule has 0 radical (unpaired) electrons. The van der Waals surface area contributed by atoms with Crippen molar-refractivity contribution in [3.05, 3.63) is 100 Å². The third-order valence-corrected chi connectivity index (χ3v) is 6.42. The third kappa shape index (κ3) is 4.28. The van der Waals surface area contributed by atoms with Crippen molar-refractivity contribution in [2.45, 2.75) is 37.9 Å². The first kappa shape index (κ1) is 23.8. The van der Waals surface area contributed by atoms with E-state index in [9.17, 15) is 18.8 Å². The predicted molar refractivity (Wildman–Crippen MR) is 132 cm³/mol. The highest BCUT2D eigenvalue weighted by Crippen LogP contribution is 2.50. The van der Waals surface area contributed by atoms with Gasteiger partial charge >= 0.3 is 0 Å². The second-order valence-electron chi connectivity index (χ2n) is 9.32. The summed E-state index contributed by atoms with van der Waals surface area (Å²) in [6, 6.07) is 13.7. The average molecular weight is 523 g/mol. The first-order chi connectivity index (χ1) is 16.0. The fourth-order valence-corrected chi connectivity index (χ4v) is 5.07. The van der Waals surface area contributed by atoms with Crippen molar-refractivity contribution < 1.29 is 18.8 Å². The molecule has 1 heterocycles. The lowest BCUT2D eigenvalue weighted by Crippen LogP contribution is -2.54. The Bertz CT molecular complexity index is 1220. The van der Waals surface area contributed by atoms with E-state index in [-0.39, 0.29) is 10.3 Å². The largest absolute Gasteiger partial charge is 0.349 e. The summed E-state index contributed by atoms with van der Waals surface area (Å²) in [6.45, 7) is 5.53. The summed E-state index contributed by atoms with van der Waals surface area (Å²) in [5, 5.41) is 2.95. The standard InChI is InChI=1S/C27H24BrFN2O3/c1-26(2,3)30-24(33)23(18-9-11-19(29)12-10-18)31-25(34)22(28)21(17-7-5-4-6-8-17)27(31)15-13-20(32)14-16-27/h4-16,23H,1-3H3,(H,30,33). The molecule has 1 unspecified atom stereocenters. The number of hydrogen-bond acceptors (Lipinski definition) is 3. The van der Waals surface area contributed by atoms with Crippen LogP contribution in [0, 0.1) is 5.82 Å². The minimum Gasteiger partial charge on any atom is -0.349 e. The fourth-order valence-electron chi connectivity index (χ4n) is 4.33. The molecule has 2 aliphatic rings. The van der Waals surface area contributed by atoms with Crippen LogP contribution in [0.2, 0.25) is 0 Å². The Labute approximate surface area is 206 Å². The number of halogens is 2. The van der Waals surface area contributed by atoms with Gasteiger partial charge in [0.1, 0.15) is 17.4 Å². The normalized spacial score (nSPS) is 18.1. The lowest BCUT2D eigenvalue weighted by molar-refractivity contribution is -0.139. The highest BCUT2D eigenvalue weighted by Gasteiger charge is 2.54. The van der Waals surface area contributed by atoms with Crippen LogP contribution in [0.25, 0.3) is 5.57 Å². The van der Waals surface area contributed by atoms with Crippen LogP contribution < -0.4 is 5.32 Å². The van der Waals surface area contributed by atoms with Crippen molar-refractivity contribution in [2.75, 3.05) is 0 Å². The van der Waals surface area contributed by atoms with Crippen LogP contribution in [0.5, 0.6) is 0 Å². The van der Waals surface area contributed by atoms with E-state index in [1.54, 1.807) is 12.2 Å². The molecule has 2 aromatic rings. The second-order valence-corrected chi connectivity index (χ2v) is 10.1. The maximum Gasteiger partial charge on any atom is 0.263 e. The van der Waals surface area contributed by atoms with Gasteiger partial charge in [0.2, 0.25) is 5.91 Å². The maximum absolute atomic E-state index is 13.8. The Kier molecular flexibility index (Phi) is 6.16. The van der Waals surface area contributed by atoms with Crippen LogP contribution in [0.15, 0.2) is 83.4 Å². The fraction of sp³-hybridized carbons (Fsp3) is 0.222. The van der Waals surface area contributed by atoms with Gasteiger partial charge < -0.3 is 10.2 Å². The molecule has 1 spiro atoms. The molecule has 2 aromatic carbocycles. The van der Waals surface area contributed by atoms with Gasteiger partial charge in [-0.1, -0.05) is 42.5 Å². The number of amides is 2. The molecular formula is C27H24BrFN2O3. The molecule has 7 heteroatoms. The third-order valence-electron chi connectivity index (χ3n) is 5.68. The topological polar surface area (TPSA) is 66.5 Å². The Hall–Kier alpha value is -3.32. The molecule has 1 N–H and O–H groups in total. The molecule has 5 nitrogen and oxygen atoms in total. The number of benzene rings is 2. The maximum atomic E-state index is 13.8. The van der Waals surface area contributed by atoms with Gasteiger partial charge in [0, 0.05) is 11.1 Å². The summed E-state index contributed by atoms with van der Waals surface area (Å²) < 4.78 is 14.0. The quantitative estimate of drug-likeness (QED) is 0.623. The number of hydrogen-bond donors (Lipinski definition) is 1. The average Bonchev–Trinajstić information content (AvgIpc) is 2.98. The van der Waals surface area contributed by atoms with Crippen molar-refractivity contribution in [2.24, 2.45) is 0 Å². The van der Waals surface area contributed by atoms with Gasteiger partial charge in [0.25, 0.3) is 5.91 Å². The second kappa shape index (κ2) is 8.80. The first-order valence-corrected chi connectivity index (χ1v) is 11.6. The summed E-state index contributed by atoms with van der Waals surface area (Å²) in [7, 11) is 0. The number of nitrogens with one attached hydrogen (secondary N) is 1. The molecule has 1 aliphatic carbocycles. The van der Waals surface area contributed by atoms with Crippen LogP contribution in [-0.4, -0.2) is 33.6 Å². The van der Waals surface area contributed by atoms with E-state index in [1.807, 2.05) is 51.1 Å². The molecule has 1 atom stereocenters. The van der Waals surface area contributed by atoms with E-state index < -0.39 is 34.8 Å². The lowest BCUT2D eigenvalue weighted by atomic mass is 9.81. The molecule has 2 amide bonds. The Morgan fingerprint density at radius 1 is 1.00 bits per heavy atom. The lowest BCUT2D eigenvalue weighted by Gasteiger charge is -2.42. The summed E-state index contributed by atoms with van der Waals surface area (Å²) in [6.07, 6.45) is 6.09. The Morgan fingerprint density at radius 2 is 1.59 bits per heavy atom. The number of nitrogens with zero attached hydrogens (tertiary/aromatic N) is 1. The van der Waals surface area contributed by atoms with Gasteiger partial charge in [-0.2, -0.15) is 0 Å². The van der Waals surface area contributed by atoms with Crippen LogP contribution in [-0.2, 0) is 14.4 Å². The molecule has 0 bridgehead atoms. The zero-order valence-electron chi connectivity index (χ0n) is 19.0. The van der Waals surface area contributed by atoms with Crippen LogP contribution in [0.1, 0.15) is 37.9 Å².